The van der Waals surface area contributed by atoms with Crippen LogP contribution in [0.3, 0.4) is 0 Å². The summed E-state index contributed by atoms with van der Waals surface area (Å²) < 4.78 is 27.8. The average Bonchev–Trinajstić information content (AvgIpc) is 3.40. The highest BCUT2D eigenvalue weighted by Crippen LogP contribution is 2.36. The molecule has 0 unspecified atom stereocenters. The van der Waals surface area contributed by atoms with Gasteiger partial charge in [-0.1, -0.05) is 23.7 Å². The number of hydrogen-bond donors (Lipinski definition) is 5. The second-order valence-electron chi connectivity index (χ2n) is 7.60. The summed E-state index contributed by atoms with van der Waals surface area (Å²) >= 11 is 6.57. The van der Waals surface area contributed by atoms with Crippen LogP contribution < -0.4 is 27.0 Å². The first-order valence-electron chi connectivity index (χ1n) is 10.4. The van der Waals surface area contributed by atoms with E-state index in [1.54, 1.807) is 36.5 Å². The Bertz CT molecular complexity index is 1480. The number of hydrogen-bond acceptors (Lipinski definition) is 8. The standard InChI is InChI=1S/C24H17ClF2N8/c25-18-9-16(32-22(20-12-31-35-34-20)13-3-5-15(26)6-4-13)8-17-21(14(10-28)11-30-23(17)18)33-19-2-1-7-29-24(19)27/h1-9,11-12,22,31-32,34-35H,(H,30,33)/t22-/m0/s1. The van der Waals surface area contributed by atoms with E-state index in [4.69, 9.17) is 11.6 Å². The lowest BCUT2D eigenvalue weighted by molar-refractivity contribution is 0.582. The maximum atomic E-state index is 14.3. The summed E-state index contributed by atoms with van der Waals surface area (Å²) in [6, 6.07) is 14.3. The highest BCUT2D eigenvalue weighted by molar-refractivity contribution is 6.36. The minimum absolute atomic E-state index is 0.104. The van der Waals surface area contributed by atoms with Crippen molar-refractivity contribution in [1.29, 1.82) is 5.26 Å². The van der Waals surface area contributed by atoms with E-state index in [0.717, 1.165) is 11.3 Å². The number of benzene rings is 2. The fourth-order valence-electron chi connectivity index (χ4n) is 3.75. The Morgan fingerprint density at radius 1 is 1.09 bits per heavy atom. The Morgan fingerprint density at radius 3 is 2.63 bits per heavy atom. The molecule has 4 aromatic rings. The van der Waals surface area contributed by atoms with Crippen LogP contribution in [0.5, 0.6) is 0 Å². The Kier molecular flexibility index (Phi) is 6.01. The van der Waals surface area contributed by atoms with Gasteiger partial charge in [0.1, 0.15) is 11.9 Å². The van der Waals surface area contributed by atoms with E-state index in [1.807, 2.05) is 0 Å². The van der Waals surface area contributed by atoms with Gasteiger partial charge in [-0.25, -0.2) is 9.37 Å². The predicted molar refractivity (Wildman–Crippen MR) is 129 cm³/mol. The molecule has 2 aromatic heterocycles. The Morgan fingerprint density at radius 2 is 1.91 bits per heavy atom. The molecule has 0 spiro atoms. The van der Waals surface area contributed by atoms with Crippen molar-refractivity contribution in [2.45, 2.75) is 6.04 Å². The summed E-state index contributed by atoms with van der Waals surface area (Å²) in [4.78, 5) is 7.98. The molecule has 0 fully saturated rings. The first kappa shape index (κ1) is 22.3. The van der Waals surface area contributed by atoms with Gasteiger partial charge in [0.05, 0.1) is 39.2 Å². The summed E-state index contributed by atoms with van der Waals surface area (Å²) in [5, 5.41) is 16.9. The number of anilines is 3. The van der Waals surface area contributed by atoms with E-state index in [-0.39, 0.29) is 17.1 Å². The quantitative estimate of drug-likeness (QED) is 0.246. The first-order valence-corrected chi connectivity index (χ1v) is 10.8. The van der Waals surface area contributed by atoms with E-state index < -0.39 is 12.0 Å². The van der Waals surface area contributed by atoms with Crippen molar-refractivity contribution >= 4 is 39.6 Å². The molecular weight excluding hydrogens is 474 g/mol. The molecule has 0 saturated carbocycles. The zero-order valence-corrected chi connectivity index (χ0v) is 18.7. The van der Waals surface area contributed by atoms with Crippen LogP contribution in [0.2, 0.25) is 5.02 Å². The van der Waals surface area contributed by atoms with Crippen LogP contribution in [0.1, 0.15) is 17.2 Å². The van der Waals surface area contributed by atoms with Crippen molar-refractivity contribution in [1.82, 2.24) is 26.4 Å². The van der Waals surface area contributed by atoms with E-state index in [2.05, 4.69) is 43.1 Å². The molecule has 0 saturated heterocycles. The molecule has 2 aromatic carbocycles. The second kappa shape index (κ2) is 9.42. The molecule has 0 radical (unpaired) electrons. The summed E-state index contributed by atoms with van der Waals surface area (Å²) in [5.41, 5.74) is 11.9. The van der Waals surface area contributed by atoms with Gasteiger partial charge in [-0.2, -0.15) is 15.2 Å². The van der Waals surface area contributed by atoms with Crippen molar-refractivity contribution in [2.24, 2.45) is 0 Å². The van der Waals surface area contributed by atoms with Crippen LogP contribution in [-0.2, 0) is 0 Å². The molecular formula is C24H17ClF2N8. The van der Waals surface area contributed by atoms with Crippen LogP contribution in [0.25, 0.3) is 10.9 Å². The molecule has 0 aliphatic carbocycles. The number of nitrogens with one attached hydrogen (secondary N) is 5. The van der Waals surface area contributed by atoms with Gasteiger partial charge in [-0.05, 0) is 42.0 Å². The third kappa shape index (κ3) is 4.50. The van der Waals surface area contributed by atoms with Crippen LogP contribution in [0.4, 0.5) is 25.8 Å². The molecule has 5 N–H and O–H groups in total. The number of aromatic nitrogens is 2. The molecule has 1 atom stereocenters. The Hall–Kier alpha value is -4.46. The SMILES string of the molecule is N#Cc1cnc2c(Cl)cc(N[C@H](C3=CNNN3)c3ccc(F)cc3)cc2c1Nc1cccnc1F. The fraction of sp³-hybridized carbons (Fsp3) is 0.0417. The number of pyridine rings is 2. The molecule has 3 heterocycles. The van der Waals surface area contributed by atoms with Gasteiger partial charge in [-0.15, -0.1) is 0 Å². The molecule has 5 rings (SSSR count). The third-order valence-electron chi connectivity index (χ3n) is 5.40. The van der Waals surface area contributed by atoms with E-state index in [1.165, 1.54) is 30.6 Å². The van der Waals surface area contributed by atoms with E-state index >= 15 is 0 Å². The number of fused-ring (bicyclic) bond motifs is 1. The van der Waals surface area contributed by atoms with Gasteiger partial charge in [0.15, 0.2) is 0 Å². The summed E-state index contributed by atoms with van der Waals surface area (Å²) in [7, 11) is 0. The van der Waals surface area contributed by atoms with Gasteiger partial charge in [0.2, 0.25) is 5.95 Å². The largest absolute Gasteiger partial charge is 0.373 e. The lowest BCUT2D eigenvalue weighted by Gasteiger charge is -2.22. The molecule has 8 nitrogen and oxygen atoms in total. The highest BCUT2D eigenvalue weighted by atomic mass is 35.5. The average molecular weight is 491 g/mol. The van der Waals surface area contributed by atoms with E-state index in [0.29, 0.717) is 27.3 Å². The number of nitrogens with zero attached hydrogens (tertiary/aromatic N) is 3. The maximum absolute atomic E-state index is 14.3. The molecule has 0 bridgehead atoms. The molecule has 35 heavy (non-hydrogen) atoms. The van der Waals surface area contributed by atoms with Crippen LogP contribution in [0, 0.1) is 23.1 Å². The van der Waals surface area contributed by atoms with Crippen molar-refractivity contribution in [3.8, 4) is 6.07 Å². The smallest absolute Gasteiger partial charge is 0.236 e. The minimum Gasteiger partial charge on any atom is -0.373 e. The van der Waals surface area contributed by atoms with Gasteiger partial charge < -0.3 is 21.5 Å². The number of hydrazine groups is 2. The first-order chi connectivity index (χ1) is 17.0. The van der Waals surface area contributed by atoms with Crippen molar-refractivity contribution in [2.75, 3.05) is 10.6 Å². The zero-order chi connectivity index (χ0) is 24.4. The van der Waals surface area contributed by atoms with Crippen LogP contribution in [-0.4, -0.2) is 9.97 Å². The molecule has 174 valence electrons. The van der Waals surface area contributed by atoms with Crippen molar-refractivity contribution in [3.63, 3.8) is 0 Å². The Balaban J connectivity index is 1.61. The van der Waals surface area contributed by atoms with Gasteiger partial charge in [0.25, 0.3) is 0 Å². The number of nitriles is 1. The van der Waals surface area contributed by atoms with Gasteiger partial charge in [0, 0.05) is 29.7 Å². The lowest BCUT2D eigenvalue weighted by atomic mass is 10.0. The summed E-state index contributed by atoms with van der Waals surface area (Å²) in [5.74, 6) is -1.06. The monoisotopic (exact) mass is 490 g/mol. The molecule has 0 amide bonds. The molecule has 11 heteroatoms. The number of halogens is 3. The number of rotatable bonds is 6. The molecule has 1 aliphatic rings. The van der Waals surface area contributed by atoms with Gasteiger partial charge >= 0.3 is 0 Å². The van der Waals surface area contributed by atoms with Gasteiger partial charge in [-0.3, -0.25) is 4.98 Å². The predicted octanol–water partition coefficient (Wildman–Crippen LogP) is 4.78. The van der Waals surface area contributed by atoms with Crippen LogP contribution >= 0.6 is 11.6 Å². The Labute approximate surface area is 203 Å². The maximum Gasteiger partial charge on any atom is 0.236 e. The third-order valence-corrected chi connectivity index (χ3v) is 5.68. The van der Waals surface area contributed by atoms with Crippen LogP contribution in [0.15, 0.2) is 72.8 Å². The summed E-state index contributed by atoms with van der Waals surface area (Å²) in [6.07, 6.45) is 4.45. The van der Waals surface area contributed by atoms with Crippen molar-refractivity contribution in [3.05, 3.63) is 101 Å². The molecule has 1 aliphatic heterocycles. The second-order valence-corrected chi connectivity index (χ2v) is 8.01. The lowest BCUT2D eigenvalue weighted by Crippen LogP contribution is -2.33. The normalized spacial score (nSPS) is 13.4. The minimum atomic E-state index is -0.711. The fourth-order valence-corrected chi connectivity index (χ4v) is 4.02. The summed E-state index contributed by atoms with van der Waals surface area (Å²) in [6.45, 7) is 0. The van der Waals surface area contributed by atoms with E-state index in [9.17, 15) is 14.0 Å². The highest BCUT2D eigenvalue weighted by Gasteiger charge is 2.21. The van der Waals surface area contributed by atoms with Crippen molar-refractivity contribution < 1.29 is 8.78 Å². The topological polar surface area (TPSA) is 110 Å². The zero-order valence-electron chi connectivity index (χ0n) is 17.9.